The van der Waals surface area contributed by atoms with Gasteiger partial charge in [0.1, 0.15) is 11.6 Å². The first kappa shape index (κ1) is 16.8. The topological polar surface area (TPSA) is 61.2 Å². The van der Waals surface area contributed by atoms with Gasteiger partial charge in [-0.05, 0) is 42.5 Å². The van der Waals surface area contributed by atoms with Crippen LogP contribution in [0.15, 0.2) is 58.5 Å². The number of amides is 2. The average molecular weight is 324 g/mol. The standard InChI is InChI=1S/C18H16N2O2S/c1-4-9-20-17(21)15(12(2)16(11-19)18(20)22)10-13-5-7-14(23-3)8-6-13/h4-8,10H,1,9H2,2-3H3/b15-10+. The zero-order chi connectivity index (χ0) is 17.0. The Hall–Kier alpha value is -2.58. The summed E-state index contributed by atoms with van der Waals surface area (Å²) in [6.45, 7) is 5.26. The van der Waals surface area contributed by atoms with Gasteiger partial charge in [-0.3, -0.25) is 14.5 Å². The molecule has 0 saturated heterocycles. The van der Waals surface area contributed by atoms with E-state index < -0.39 is 11.8 Å². The fourth-order valence-electron chi connectivity index (χ4n) is 2.29. The highest BCUT2D eigenvalue weighted by Crippen LogP contribution is 2.27. The molecule has 4 nitrogen and oxygen atoms in total. The lowest BCUT2D eigenvalue weighted by atomic mass is 9.93. The Morgan fingerprint density at radius 3 is 2.43 bits per heavy atom. The van der Waals surface area contributed by atoms with E-state index in [0.717, 1.165) is 15.4 Å². The van der Waals surface area contributed by atoms with Gasteiger partial charge in [-0.1, -0.05) is 18.2 Å². The molecule has 0 saturated carbocycles. The van der Waals surface area contributed by atoms with Crippen LogP contribution >= 0.6 is 11.8 Å². The highest BCUT2D eigenvalue weighted by Gasteiger charge is 2.34. The molecule has 0 radical (unpaired) electrons. The molecule has 0 aliphatic carbocycles. The maximum absolute atomic E-state index is 12.6. The first-order valence-corrected chi connectivity index (χ1v) is 8.20. The summed E-state index contributed by atoms with van der Waals surface area (Å²) >= 11 is 1.63. The van der Waals surface area contributed by atoms with Crippen LogP contribution in [0.3, 0.4) is 0 Å². The van der Waals surface area contributed by atoms with Crippen LogP contribution in [-0.2, 0) is 9.59 Å². The van der Waals surface area contributed by atoms with Crippen molar-refractivity contribution in [3.8, 4) is 6.07 Å². The Morgan fingerprint density at radius 1 is 1.26 bits per heavy atom. The molecule has 2 rings (SSSR count). The van der Waals surface area contributed by atoms with Crippen molar-refractivity contribution < 1.29 is 9.59 Å². The van der Waals surface area contributed by atoms with Crippen molar-refractivity contribution in [3.63, 3.8) is 0 Å². The van der Waals surface area contributed by atoms with E-state index in [0.29, 0.717) is 11.1 Å². The summed E-state index contributed by atoms with van der Waals surface area (Å²) in [5.74, 6) is -0.967. The smallest absolute Gasteiger partial charge is 0.270 e. The Kier molecular flexibility index (Phi) is 5.20. The number of hydrogen-bond donors (Lipinski definition) is 0. The predicted octanol–water partition coefficient (Wildman–Crippen LogP) is 3.19. The minimum absolute atomic E-state index is 0.00145. The number of hydrogen-bond acceptors (Lipinski definition) is 4. The first-order chi connectivity index (χ1) is 11.0. The number of carbonyl (C=O) groups is 2. The van der Waals surface area contributed by atoms with E-state index in [1.54, 1.807) is 24.8 Å². The van der Waals surface area contributed by atoms with E-state index in [1.165, 1.54) is 6.08 Å². The normalized spacial score (nSPS) is 16.7. The van der Waals surface area contributed by atoms with Crippen LogP contribution in [0.4, 0.5) is 0 Å². The van der Waals surface area contributed by atoms with Crippen LogP contribution in [0.1, 0.15) is 12.5 Å². The van der Waals surface area contributed by atoms with Crippen LogP contribution in [0, 0.1) is 11.3 Å². The summed E-state index contributed by atoms with van der Waals surface area (Å²) in [7, 11) is 0. The monoisotopic (exact) mass is 324 g/mol. The van der Waals surface area contributed by atoms with Gasteiger partial charge in [0.25, 0.3) is 11.8 Å². The van der Waals surface area contributed by atoms with E-state index in [1.807, 2.05) is 36.6 Å². The molecule has 1 aliphatic heterocycles. The summed E-state index contributed by atoms with van der Waals surface area (Å²) in [5.41, 5.74) is 1.62. The van der Waals surface area contributed by atoms with Crippen molar-refractivity contribution in [2.24, 2.45) is 0 Å². The van der Waals surface area contributed by atoms with Crippen LogP contribution in [0.2, 0.25) is 0 Å². The predicted molar refractivity (Wildman–Crippen MR) is 91.4 cm³/mol. The minimum Gasteiger partial charge on any atom is -0.270 e. The summed E-state index contributed by atoms with van der Waals surface area (Å²) in [6.07, 6.45) is 5.17. The third-order valence-corrected chi connectivity index (χ3v) is 4.31. The van der Waals surface area contributed by atoms with Crippen molar-refractivity contribution in [1.82, 2.24) is 4.90 Å². The molecule has 0 N–H and O–H groups in total. The van der Waals surface area contributed by atoms with E-state index in [9.17, 15) is 14.9 Å². The summed E-state index contributed by atoms with van der Waals surface area (Å²) in [5, 5.41) is 9.23. The molecule has 0 bridgehead atoms. The molecule has 0 atom stereocenters. The lowest BCUT2D eigenvalue weighted by Gasteiger charge is -2.26. The van der Waals surface area contributed by atoms with Gasteiger partial charge >= 0.3 is 0 Å². The molecular weight excluding hydrogens is 308 g/mol. The van der Waals surface area contributed by atoms with Crippen molar-refractivity contribution in [2.75, 3.05) is 12.8 Å². The first-order valence-electron chi connectivity index (χ1n) is 6.97. The van der Waals surface area contributed by atoms with Gasteiger partial charge in [-0.2, -0.15) is 5.26 Å². The Bertz CT molecular complexity index is 767. The van der Waals surface area contributed by atoms with Crippen molar-refractivity contribution in [3.05, 3.63) is 59.2 Å². The molecular formula is C18H16N2O2S. The fraction of sp³-hybridized carbons (Fsp3) is 0.167. The van der Waals surface area contributed by atoms with Crippen molar-refractivity contribution in [1.29, 1.82) is 5.26 Å². The maximum Gasteiger partial charge on any atom is 0.271 e. The SMILES string of the molecule is C=CCN1C(=O)C(C#N)=C(C)/C(=C\c2ccc(SC)cc2)C1=O. The lowest BCUT2D eigenvalue weighted by Crippen LogP contribution is -2.42. The molecule has 23 heavy (non-hydrogen) atoms. The fourth-order valence-corrected chi connectivity index (χ4v) is 2.70. The Balaban J connectivity index is 2.53. The van der Waals surface area contributed by atoms with Gasteiger partial charge in [0, 0.05) is 17.0 Å². The minimum atomic E-state index is -0.565. The van der Waals surface area contributed by atoms with Crippen LogP contribution < -0.4 is 0 Å². The molecule has 5 heteroatoms. The molecule has 0 fully saturated rings. The molecule has 1 aromatic carbocycles. The van der Waals surface area contributed by atoms with Gasteiger partial charge in [-0.25, -0.2) is 0 Å². The quantitative estimate of drug-likeness (QED) is 0.369. The molecule has 116 valence electrons. The zero-order valence-corrected chi connectivity index (χ0v) is 13.8. The average Bonchev–Trinajstić information content (AvgIpc) is 2.56. The van der Waals surface area contributed by atoms with E-state index in [4.69, 9.17) is 0 Å². The maximum atomic E-state index is 12.6. The summed E-state index contributed by atoms with van der Waals surface area (Å²) < 4.78 is 0. The summed E-state index contributed by atoms with van der Waals surface area (Å²) in [6, 6.07) is 9.63. The van der Waals surface area contributed by atoms with Gasteiger partial charge in [0.2, 0.25) is 0 Å². The lowest BCUT2D eigenvalue weighted by molar-refractivity contribution is -0.139. The van der Waals surface area contributed by atoms with E-state index in [-0.39, 0.29) is 12.1 Å². The second-order valence-electron chi connectivity index (χ2n) is 4.95. The second-order valence-corrected chi connectivity index (χ2v) is 5.83. The number of nitriles is 1. The van der Waals surface area contributed by atoms with E-state index in [2.05, 4.69) is 6.58 Å². The van der Waals surface area contributed by atoms with Crippen LogP contribution in [0.25, 0.3) is 6.08 Å². The molecule has 0 spiro atoms. The molecule has 2 amide bonds. The Morgan fingerprint density at radius 2 is 1.91 bits per heavy atom. The molecule has 1 aromatic rings. The zero-order valence-electron chi connectivity index (χ0n) is 13.0. The molecule has 1 aliphatic rings. The van der Waals surface area contributed by atoms with Crippen LogP contribution in [-0.4, -0.2) is 29.5 Å². The number of benzene rings is 1. The third-order valence-electron chi connectivity index (χ3n) is 3.56. The van der Waals surface area contributed by atoms with Gasteiger partial charge in [0.15, 0.2) is 0 Å². The highest BCUT2D eigenvalue weighted by atomic mass is 32.2. The third kappa shape index (κ3) is 3.27. The highest BCUT2D eigenvalue weighted by molar-refractivity contribution is 7.98. The number of carbonyl (C=O) groups excluding carboxylic acids is 2. The number of imide groups is 1. The Labute approximate surface area is 139 Å². The van der Waals surface area contributed by atoms with Gasteiger partial charge in [0.05, 0.1) is 0 Å². The van der Waals surface area contributed by atoms with Crippen LogP contribution in [0.5, 0.6) is 0 Å². The van der Waals surface area contributed by atoms with Gasteiger partial charge < -0.3 is 0 Å². The van der Waals surface area contributed by atoms with Crippen molar-refractivity contribution >= 4 is 29.7 Å². The van der Waals surface area contributed by atoms with Crippen molar-refractivity contribution in [2.45, 2.75) is 11.8 Å². The largest absolute Gasteiger partial charge is 0.271 e. The number of nitrogens with zero attached hydrogens (tertiary/aromatic N) is 2. The molecule has 0 unspecified atom stereocenters. The number of thioether (sulfide) groups is 1. The summed E-state index contributed by atoms with van der Waals surface area (Å²) in [4.78, 5) is 26.9. The molecule has 0 aromatic heterocycles. The molecule has 1 heterocycles. The van der Waals surface area contributed by atoms with Gasteiger partial charge in [-0.15, -0.1) is 18.3 Å². The second kappa shape index (κ2) is 7.12. The number of rotatable bonds is 4. The van der Waals surface area contributed by atoms with E-state index >= 15 is 0 Å².